The molecule has 0 N–H and O–H groups in total. The van der Waals surface area contributed by atoms with Gasteiger partial charge in [0.25, 0.3) is 0 Å². The summed E-state index contributed by atoms with van der Waals surface area (Å²) in [5.41, 5.74) is 2.32. The molecule has 2 aromatic rings. The van der Waals surface area contributed by atoms with E-state index in [0.29, 0.717) is 5.92 Å². The molecule has 0 aliphatic rings. The Kier molecular flexibility index (Phi) is 4.28. The summed E-state index contributed by atoms with van der Waals surface area (Å²) in [6, 6.07) is 11.2. The maximum atomic E-state index is 4.21. The normalized spacial score (nSPS) is 10.1. The van der Waals surface area contributed by atoms with Crippen molar-refractivity contribution in [2.75, 3.05) is 0 Å². The number of hydrogen-bond acceptors (Lipinski definition) is 1. The van der Waals surface area contributed by atoms with Crippen LogP contribution in [-0.4, -0.2) is 9.78 Å². The van der Waals surface area contributed by atoms with Crippen molar-refractivity contribution in [2.24, 2.45) is 0 Å². The van der Waals surface area contributed by atoms with Gasteiger partial charge in [-0.25, -0.2) is 0 Å². The van der Waals surface area contributed by atoms with E-state index in [0.717, 1.165) is 5.69 Å². The van der Waals surface area contributed by atoms with Gasteiger partial charge in [-0.05, 0) is 11.8 Å². The molecule has 0 aliphatic heterocycles. The zero-order valence-electron chi connectivity index (χ0n) is 8.75. The predicted octanol–water partition coefficient (Wildman–Crippen LogP) is 2.79. The van der Waals surface area contributed by atoms with E-state index in [-0.39, 0.29) is 21.1 Å². The summed E-state index contributed by atoms with van der Waals surface area (Å²) in [5, 5.41) is 4.21. The van der Waals surface area contributed by atoms with Gasteiger partial charge in [-0.3, -0.25) is 4.68 Å². The van der Waals surface area contributed by atoms with Gasteiger partial charge in [0.1, 0.15) is 0 Å². The minimum absolute atomic E-state index is 0. The van der Waals surface area contributed by atoms with Crippen LogP contribution < -0.4 is 0 Å². The average Bonchev–Trinajstić information content (AvgIpc) is 2.70. The van der Waals surface area contributed by atoms with Crippen molar-refractivity contribution in [1.82, 2.24) is 9.78 Å². The van der Waals surface area contributed by atoms with E-state index in [1.54, 1.807) is 6.20 Å². The zero-order chi connectivity index (χ0) is 9.97. The number of hydrogen-bond donors (Lipinski definition) is 0. The van der Waals surface area contributed by atoms with Crippen LogP contribution in [-0.2, 0) is 21.1 Å². The van der Waals surface area contributed by atoms with Crippen molar-refractivity contribution >= 4 is 0 Å². The van der Waals surface area contributed by atoms with E-state index in [9.17, 15) is 0 Å². The zero-order valence-corrected chi connectivity index (χ0v) is 11.0. The Bertz CT molecular complexity index is 407. The number of para-hydroxylation sites is 1. The Morgan fingerprint density at radius 2 is 2.13 bits per heavy atom. The van der Waals surface area contributed by atoms with E-state index in [2.05, 4.69) is 31.1 Å². The van der Waals surface area contributed by atoms with Gasteiger partial charge in [-0.15, -0.1) is 5.56 Å². The van der Waals surface area contributed by atoms with E-state index < -0.39 is 0 Å². The molecule has 1 aromatic carbocycles. The fraction of sp³-hybridized carbons (Fsp3) is 0.250. The molecule has 2 rings (SSSR count). The third-order valence-corrected chi connectivity index (χ3v) is 2.22. The quantitative estimate of drug-likeness (QED) is 0.733. The first-order valence-electron chi connectivity index (χ1n) is 4.79. The predicted molar refractivity (Wildman–Crippen MR) is 56.5 cm³/mol. The third kappa shape index (κ3) is 2.57. The van der Waals surface area contributed by atoms with Crippen LogP contribution in [0.3, 0.4) is 0 Å². The molecule has 3 heteroatoms. The molecular formula is C12H13N2Pt-. The fourth-order valence-electron chi connectivity index (χ4n) is 1.51. The van der Waals surface area contributed by atoms with E-state index in [4.69, 9.17) is 0 Å². The first-order chi connectivity index (χ1) is 6.79. The maximum absolute atomic E-state index is 4.21. The van der Waals surface area contributed by atoms with Crippen LogP contribution in [0.15, 0.2) is 36.7 Å². The minimum atomic E-state index is 0. The van der Waals surface area contributed by atoms with Crippen molar-refractivity contribution < 1.29 is 21.1 Å². The summed E-state index contributed by atoms with van der Waals surface area (Å²) < 4.78 is 1.86. The minimum Gasteiger partial charge on any atom is -0.265 e. The third-order valence-electron chi connectivity index (χ3n) is 2.22. The van der Waals surface area contributed by atoms with Crippen LogP contribution in [0.25, 0.3) is 5.69 Å². The first-order valence-corrected chi connectivity index (χ1v) is 4.79. The molecule has 0 saturated carbocycles. The molecule has 0 spiro atoms. The Morgan fingerprint density at radius 3 is 2.73 bits per heavy atom. The van der Waals surface area contributed by atoms with Crippen molar-refractivity contribution in [1.29, 1.82) is 0 Å². The molecule has 1 aromatic heterocycles. The molecule has 82 valence electrons. The van der Waals surface area contributed by atoms with E-state index in [1.807, 2.05) is 29.1 Å². The summed E-state index contributed by atoms with van der Waals surface area (Å²) in [6.45, 7) is 4.35. The molecule has 2 nitrogen and oxygen atoms in total. The Hall–Kier alpha value is -0.882. The second-order valence-corrected chi connectivity index (χ2v) is 3.58. The summed E-state index contributed by atoms with van der Waals surface area (Å²) in [6.07, 6.45) is 3.72. The van der Waals surface area contributed by atoms with Crippen LogP contribution >= 0.6 is 0 Å². The molecule has 15 heavy (non-hydrogen) atoms. The summed E-state index contributed by atoms with van der Waals surface area (Å²) in [7, 11) is 0. The van der Waals surface area contributed by atoms with Gasteiger partial charge >= 0.3 is 0 Å². The van der Waals surface area contributed by atoms with Crippen LogP contribution in [0.2, 0.25) is 0 Å². The SMILES string of the molecule is CC(C)c1ccc[c-]c1-n1cccn1.[Pt]. The van der Waals surface area contributed by atoms with Crippen molar-refractivity contribution in [3.05, 3.63) is 48.3 Å². The van der Waals surface area contributed by atoms with Gasteiger partial charge < -0.3 is 0 Å². The second kappa shape index (κ2) is 5.27. The number of benzene rings is 1. The molecule has 1 heterocycles. The Morgan fingerprint density at radius 1 is 1.33 bits per heavy atom. The van der Waals surface area contributed by atoms with Crippen molar-refractivity contribution in [3.8, 4) is 5.69 Å². The fourth-order valence-corrected chi connectivity index (χ4v) is 1.51. The smallest absolute Gasteiger partial charge is 0.0493 e. The largest absolute Gasteiger partial charge is 0.265 e. The van der Waals surface area contributed by atoms with Gasteiger partial charge in [0.15, 0.2) is 0 Å². The van der Waals surface area contributed by atoms with Gasteiger partial charge in [-0.2, -0.15) is 29.4 Å². The standard InChI is InChI=1S/C12H13N2.Pt/c1-10(2)11-6-3-4-7-12(11)14-9-5-8-13-14;/h3-6,8-10H,1-2H3;/q-1;. The maximum Gasteiger partial charge on any atom is 0.0493 e. The van der Waals surface area contributed by atoms with Gasteiger partial charge in [0.05, 0.1) is 0 Å². The van der Waals surface area contributed by atoms with Crippen LogP contribution in [0, 0.1) is 6.07 Å². The first kappa shape index (κ1) is 12.2. The van der Waals surface area contributed by atoms with E-state index in [1.165, 1.54) is 5.56 Å². The van der Waals surface area contributed by atoms with Crippen LogP contribution in [0.1, 0.15) is 25.3 Å². The summed E-state index contributed by atoms with van der Waals surface area (Å²) >= 11 is 0. The van der Waals surface area contributed by atoms with Gasteiger partial charge in [-0.1, -0.05) is 19.8 Å². The number of rotatable bonds is 2. The number of nitrogens with zero attached hydrogens (tertiary/aromatic N) is 2. The van der Waals surface area contributed by atoms with Gasteiger partial charge in [0.2, 0.25) is 0 Å². The molecule has 0 unspecified atom stereocenters. The van der Waals surface area contributed by atoms with Crippen molar-refractivity contribution in [3.63, 3.8) is 0 Å². The number of aromatic nitrogens is 2. The molecule has 0 amide bonds. The van der Waals surface area contributed by atoms with Crippen molar-refractivity contribution in [2.45, 2.75) is 19.8 Å². The Balaban J connectivity index is 0.00000112. The molecule has 0 bridgehead atoms. The van der Waals surface area contributed by atoms with Gasteiger partial charge in [0, 0.05) is 33.5 Å². The molecular weight excluding hydrogens is 367 g/mol. The molecule has 0 radical (unpaired) electrons. The van der Waals surface area contributed by atoms with E-state index >= 15 is 0 Å². The molecule has 0 fully saturated rings. The topological polar surface area (TPSA) is 17.8 Å². The monoisotopic (exact) mass is 380 g/mol. The molecule has 0 saturated heterocycles. The summed E-state index contributed by atoms with van der Waals surface area (Å²) in [4.78, 5) is 0. The molecule has 0 aliphatic carbocycles. The average molecular weight is 380 g/mol. The second-order valence-electron chi connectivity index (χ2n) is 3.58. The van der Waals surface area contributed by atoms with Crippen LogP contribution in [0.4, 0.5) is 0 Å². The Labute approximate surface area is 105 Å². The summed E-state index contributed by atoms with van der Waals surface area (Å²) in [5.74, 6) is 0.492. The molecule has 0 atom stereocenters. The van der Waals surface area contributed by atoms with Crippen LogP contribution in [0.5, 0.6) is 0 Å².